The largest absolute Gasteiger partial charge is 0.319 e. The van der Waals surface area contributed by atoms with Crippen LogP contribution in [0.3, 0.4) is 0 Å². The van der Waals surface area contributed by atoms with Gasteiger partial charge in [-0.05, 0) is 42.9 Å². The molecule has 20 heavy (non-hydrogen) atoms. The molecule has 3 nitrogen and oxygen atoms in total. The number of hydrogen-bond donors (Lipinski definition) is 1. The normalized spacial score (nSPS) is 26.6. The van der Waals surface area contributed by atoms with Crippen molar-refractivity contribution in [1.82, 2.24) is 10.2 Å². The second kappa shape index (κ2) is 5.38. The molecule has 1 saturated heterocycles. The second-order valence-corrected chi connectivity index (χ2v) is 6.72. The summed E-state index contributed by atoms with van der Waals surface area (Å²) < 4.78 is 0. The predicted molar refractivity (Wildman–Crippen MR) is 80.4 cm³/mol. The number of nitrogens with zero attached hydrogens (tertiary/aromatic N) is 1. The monoisotopic (exact) mass is 292 g/mol. The average molecular weight is 293 g/mol. The van der Waals surface area contributed by atoms with Gasteiger partial charge in [0.05, 0.1) is 6.04 Å². The van der Waals surface area contributed by atoms with E-state index >= 15 is 0 Å². The lowest BCUT2D eigenvalue weighted by Gasteiger charge is -2.24. The molecule has 1 aliphatic carbocycles. The van der Waals surface area contributed by atoms with Gasteiger partial charge in [-0.25, -0.2) is 0 Å². The van der Waals surface area contributed by atoms with Crippen molar-refractivity contribution >= 4 is 17.5 Å². The zero-order valence-electron chi connectivity index (χ0n) is 12.0. The molecule has 2 unspecified atom stereocenters. The Kier molecular flexibility index (Phi) is 3.74. The van der Waals surface area contributed by atoms with Crippen LogP contribution in [0.2, 0.25) is 5.02 Å². The minimum Gasteiger partial charge on any atom is -0.319 e. The molecule has 1 saturated carbocycles. The fourth-order valence-corrected chi connectivity index (χ4v) is 3.06. The van der Waals surface area contributed by atoms with Gasteiger partial charge in [0.2, 0.25) is 5.91 Å². The summed E-state index contributed by atoms with van der Waals surface area (Å²) in [5.41, 5.74) is 1.13. The number of carbonyl (C=O) groups excluding carboxylic acids is 1. The maximum Gasteiger partial charge on any atom is 0.241 e. The Morgan fingerprint density at radius 3 is 2.50 bits per heavy atom. The van der Waals surface area contributed by atoms with Gasteiger partial charge in [0.1, 0.15) is 6.17 Å². The van der Waals surface area contributed by atoms with E-state index in [2.05, 4.69) is 24.1 Å². The SMILES string of the molecule is CC(C)CC1NC(c2ccc(Cl)cc2)N(C2CC2)C1=O. The Hall–Kier alpha value is -1.06. The van der Waals surface area contributed by atoms with Gasteiger partial charge in [0.15, 0.2) is 0 Å². The molecule has 108 valence electrons. The first-order valence-corrected chi connectivity index (χ1v) is 7.77. The van der Waals surface area contributed by atoms with Crippen LogP contribution >= 0.6 is 11.6 Å². The third-order valence-corrected chi connectivity index (χ3v) is 4.27. The number of hydrogen-bond acceptors (Lipinski definition) is 2. The van der Waals surface area contributed by atoms with Crippen LogP contribution in [0.4, 0.5) is 0 Å². The van der Waals surface area contributed by atoms with Gasteiger partial charge < -0.3 is 4.90 Å². The van der Waals surface area contributed by atoms with Crippen molar-refractivity contribution in [1.29, 1.82) is 0 Å². The van der Waals surface area contributed by atoms with E-state index < -0.39 is 0 Å². The zero-order chi connectivity index (χ0) is 14.3. The summed E-state index contributed by atoms with van der Waals surface area (Å²) >= 11 is 5.95. The highest BCUT2D eigenvalue weighted by Gasteiger charge is 2.46. The number of carbonyl (C=O) groups is 1. The second-order valence-electron chi connectivity index (χ2n) is 6.28. The van der Waals surface area contributed by atoms with Gasteiger partial charge in [-0.15, -0.1) is 0 Å². The summed E-state index contributed by atoms with van der Waals surface area (Å²) in [5.74, 6) is 0.780. The molecule has 0 bridgehead atoms. The van der Waals surface area contributed by atoms with E-state index in [1.54, 1.807) is 0 Å². The van der Waals surface area contributed by atoms with Crippen LogP contribution in [0.25, 0.3) is 0 Å². The van der Waals surface area contributed by atoms with Crippen LogP contribution in [0, 0.1) is 5.92 Å². The quantitative estimate of drug-likeness (QED) is 0.923. The van der Waals surface area contributed by atoms with Crippen molar-refractivity contribution in [2.24, 2.45) is 5.92 Å². The molecule has 4 heteroatoms. The molecule has 0 spiro atoms. The molecule has 1 amide bonds. The lowest BCUT2D eigenvalue weighted by Crippen LogP contribution is -2.33. The summed E-state index contributed by atoms with van der Waals surface area (Å²) in [5, 5.41) is 4.24. The first-order chi connectivity index (χ1) is 9.56. The number of benzene rings is 1. The van der Waals surface area contributed by atoms with Gasteiger partial charge in [0.25, 0.3) is 0 Å². The van der Waals surface area contributed by atoms with E-state index in [4.69, 9.17) is 11.6 Å². The third-order valence-electron chi connectivity index (χ3n) is 4.02. The highest BCUT2D eigenvalue weighted by Crippen LogP contribution is 2.38. The summed E-state index contributed by atoms with van der Waals surface area (Å²) in [7, 11) is 0. The Bertz CT molecular complexity index is 496. The van der Waals surface area contributed by atoms with Gasteiger partial charge in [-0.2, -0.15) is 0 Å². The molecule has 1 aromatic rings. The molecule has 1 heterocycles. The predicted octanol–water partition coefficient (Wildman–Crippen LogP) is 3.35. The highest BCUT2D eigenvalue weighted by molar-refractivity contribution is 6.30. The fraction of sp³-hybridized carbons (Fsp3) is 0.562. The maximum absolute atomic E-state index is 12.6. The van der Waals surface area contributed by atoms with Crippen LogP contribution in [0.5, 0.6) is 0 Å². The lowest BCUT2D eigenvalue weighted by molar-refractivity contribution is -0.130. The lowest BCUT2D eigenvalue weighted by atomic mass is 10.0. The van der Waals surface area contributed by atoms with Crippen molar-refractivity contribution in [3.8, 4) is 0 Å². The topological polar surface area (TPSA) is 32.3 Å². The third kappa shape index (κ3) is 2.70. The van der Waals surface area contributed by atoms with Crippen molar-refractivity contribution in [2.75, 3.05) is 0 Å². The van der Waals surface area contributed by atoms with E-state index in [1.165, 1.54) is 0 Å². The van der Waals surface area contributed by atoms with Crippen molar-refractivity contribution in [3.05, 3.63) is 34.9 Å². The average Bonchev–Trinajstić information content (AvgIpc) is 3.17. The number of amides is 1. The fourth-order valence-electron chi connectivity index (χ4n) is 2.93. The first-order valence-electron chi connectivity index (χ1n) is 7.40. The summed E-state index contributed by atoms with van der Waals surface area (Å²) in [6.07, 6.45) is 3.17. The van der Waals surface area contributed by atoms with E-state index in [1.807, 2.05) is 24.3 Å². The minimum absolute atomic E-state index is 0.0102. The molecule has 2 fully saturated rings. The van der Waals surface area contributed by atoms with Gasteiger partial charge in [-0.1, -0.05) is 37.6 Å². The standard InChI is InChI=1S/C16H21ClN2O/c1-10(2)9-14-16(20)19(13-7-8-13)15(18-14)11-3-5-12(17)6-4-11/h3-6,10,13-15,18H,7-9H2,1-2H3. The molecule has 0 radical (unpaired) electrons. The van der Waals surface area contributed by atoms with Crippen LogP contribution in [-0.2, 0) is 4.79 Å². The number of nitrogens with one attached hydrogen (secondary N) is 1. The molecule has 1 aliphatic heterocycles. The van der Waals surface area contributed by atoms with Crippen LogP contribution in [-0.4, -0.2) is 22.9 Å². The summed E-state index contributed by atoms with van der Waals surface area (Å²) in [6.45, 7) is 4.32. The van der Waals surface area contributed by atoms with Crippen molar-refractivity contribution in [2.45, 2.75) is 51.4 Å². The van der Waals surface area contributed by atoms with E-state index in [0.717, 1.165) is 29.8 Å². The smallest absolute Gasteiger partial charge is 0.241 e. The molecule has 1 N–H and O–H groups in total. The van der Waals surface area contributed by atoms with Crippen molar-refractivity contribution < 1.29 is 4.79 Å². The van der Waals surface area contributed by atoms with Gasteiger partial charge >= 0.3 is 0 Å². The minimum atomic E-state index is -0.0451. The maximum atomic E-state index is 12.6. The molecule has 2 aliphatic rings. The zero-order valence-corrected chi connectivity index (χ0v) is 12.7. The van der Waals surface area contributed by atoms with Crippen molar-refractivity contribution in [3.63, 3.8) is 0 Å². The van der Waals surface area contributed by atoms with Gasteiger partial charge in [-0.3, -0.25) is 10.1 Å². The molecule has 3 rings (SSSR count). The number of halogens is 1. The van der Waals surface area contributed by atoms with Crippen LogP contribution < -0.4 is 5.32 Å². The summed E-state index contributed by atoms with van der Waals surface area (Å²) in [4.78, 5) is 14.7. The molecule has 0 aromatic heterocycles. The van der Waals surface area contributed by atoms with Crippen LogP contribution in [0.1, 0.15) is 44.8 Å². The van der Waals surface area contributed by atoms with Crippen LogP contribution in [0.15, 0.2) is 24.3 Å². The molecule has 1 aromatic carbocycles. The highest BCUT2D eigenvalue weighted by atomic mass is 35.5. The van der Waals surface area contributed by atoms with E-state index in [0.29, 0.717) is 12.0 Å². The Labute approximate surface area is 125 Å². The summed E-state index contributed by atoms with van der Waals surface area (Å²) in [6, 6.07) is 8.19. The molecular formula is C16H21ClN2O. The van der Waals surface area contributed by atoms with Gasteiger partial charge in [0, 0.05) is 11.1 Å². The molecular weight excluding hydrogens is 272 g/mol. The van der Waals surface area contributed by atoms with E-state index in [-0.39, 0.29) is 18.1 Å². The van der Waals surface area contributed by atoms with E-state index in [9.17, 15) is 4.79 Å². The Balaban J connectivity index is 1.84. The Morgan fingerprint density at radius 1 is 1.30 bits per heavy atom. The number of rotatable bonds is 4. The molecule has 2 atom stereocenters. The first kappa shape index (κ1) is 13.9. The Morgan fingerprint density at radius 2 is 1.95 bits per heavy atom.